The number of benzene rings is 2. The number of anilines is 2. The summed E-state index contributed by atoms with van der Waals surface area (Å²) >= 11 is 0. The highest BCUT2D eigenvalue weighted by Crippen LogP contribution is 2.32. The number of hydrogen-bond donors (Lipinski definition) is 1. The largest absolute Gasteiger partial charge is 0.493 e. The van der Waals surface area contributed by atoms with E-state index in [0.717, 1.165) is 30.5 Å². The van der Waals surface area contributed by atoms with Gasteiger partial charge in [0, 0.05) is 24.5 Å². The van der Waals surface area contributed by atoms with Crippen molar-refractivity contribution in [3.05, 3.63) is 48.0 Å². The second-order valence-corrected chi connectivity index (χ2v) is 7.07. The quantitative estimate of drug-likeness (QED) is 0.813. The van der Waals surface area contributed by atoms with Crippen LogP contribution in [0.3, 0.4) is 0 Å². The molecule has 7 nitrogen and oxygen atoms in total. The van der Waals surface area contributed by atoms with Gasteiger partial charge in [-0.05, 0) is 49.1 Å². The first-order valence-electron chi connectivity index (χ1n) is 9.77. The van der Waals surface area contributed by atoms with E-state index in [-0.39, 0.29) is 24.5 Å². The van der Waals surface area contributed by atoms with Gasteiger partial charge in [0.05, 0.1) is 7.11 Å². The van der Waals surface area contributed by atoms with E-state index in [1.165, 1.54) is 0 Å². The van der Waals surface area contributed by atoms with Crippen LogP contribution in [0.25, 0.3) is 0 Å². The summed E-state index contributed by atoms with van der Waals surface area (Å²) in [6, 6.07) is 12.8. The molecule has 4 rings (SSSR count). The van der Waals surface area contributed by atoms with E-state index in [1.54, 1.807) is 24.1 Å². The molecule has 1 saturated heterocycles. The molecule has 0 aliphatic carbocycles. The molecule has 1 N–H and O–H groups in total. The Bertz CT molecular complexity index is 908. The van der Waals surface area contributed by atoms with Gasteiger partial charge in [-0.25, -0.2) is 0 Å². The fourth-order valence-corrected chi connectivity index (χ4v) is 3.71. The minimum Gasteiger partial charge on any atom is -0.493 e. The van der Waals surface area contributed by atoms with Crippen molar-refractivity contribution in [3.63, 3.8) is 0 Å². The number of nitrogens with one attached hydrogen (secondary N) is 1. The lowest BCUT2D eigenvalue weighted by Crippen LogP contribution is -2.37. The van der Waals surface area contributed by atoms with Crippen molar-refractivity contribution in [2.45, 2.75) is 25.4 Å². The maximum Gasteiger partial charge on any atom is 0.262 e. The van der Waals surface area contributed by atoms with Crippen molar-refractivity contribution in [2.75, 3.05) is 37.1 Å². The predicted octanol–water partition coefficient (Wildman–Crippen LogP) is 2.78. The van der Waals surface area contributed by atoms with E-state index < -0.39 is 0 Å². The second kappa shape index (κ2) is 8.53. The average molecular weight is 396 g/mol. The summed E-state index contributed by atoms with van der Waals surface area (Å²) in [5, 5.41) is 2.83. The van der Waals surface area contributed by atoms with Crippen LogP contribution in [0.4, 0.5) is 11.4 Å². The molecule has 0 spiro atoms. The Morgan fingerprint density at radius 1 is 1.21 bits per heavy atom. The van der Waals surface area contributed by atoms with Crippen LogP contribution < -0.4 is 19.7 Å². The Morgan fingerprint density at radius 3 is 2.79 bits per heavy atom. The molecule has 2 aromatic carbocycles. The number of amides is 2. The van der Waals surface area contributed by atoms with Crippen LogP contribution in [0.1, 0.15) is 18.4 Å². The Balaban J connectivity index is 1.40. The highest BCUT2D eigenvalue weighted by Gasteiger charge is 2.32. The van der Waals surface area contributed by atoms with E-state index in [9.17, 15) is 9.59 Å². The van der Waals surface area contributed by atoms with Gasteiger partial charge in [-0.1, -0.05) is 18.2 Å². The van der Waals surface area contributed by atoms with E-state index >= 15 is 0 Å². The van der Waals surface area contributed by atoms with Crippen molar-refractivity contribution in [1.82, 2.24) is 0 Å². The molecule has 1 fully saturated rings. The minimum absolute atomic E-state index is 0.00392. The first-order chi connectivity index (χ1) is 14.2. The summed E-state index contributed by atoms with van der Waals surface area (Å²) in [5.74, 6) is 0.795. The molecule has 29 heavy (non-hydrogen) atoms. The zero-order chi connectivity index (χ0) is 20.2. The molecule has 0 aromatic heterocycles. The van der Waals surface area contributed by atoms with Gasteiger partial charge < -0.3 is 24.4 Å². The van der Waals surface area contributed by atoms with E-state index in [1.807, 2.05) is 30.3 Å². The molecule has 2 aliphatic heterocycles. The first kappa shape index (κ1) is 19.3. The fraction of sp³-hybridized carbons (Fsp3) is 0.364. The molecule has 2 aliphatic rings. The van der Waals surface area contributed by atoms with Crippen molar-refractivity contribution in [3.8, 4) is 11.5 Å². The number of fused-ring (bicyclic) bond motifs is 1. The number of carbonyl (C=O) groups is 2. The number of para-hydroxylation sites is 2. The zero-order valence-electron chi connectivity index (χ0n) is 16.3. The molecule has 2 amide bonds. The fourth-order valence-electron chi connectivity index (χ4n) is 3.71. The molecule has 0 bridgehead atoms. The molecule has 0 saturated carbocycles. The third-order valence-electron chi connectivity index (χ3n) is 5.16. The summed E-state index contributed by atoms with van der Waals surface area (Å²) < 4.78 is 16.3. The molecule has 2 aromatic rings. The van der Waals surface area contributed by atoms with E-state index in [2.05, 4.69) is 5.32 Å². The monoisotopic (exact) mass is 396 g/mol. The maximum atomic E-state index is 12.7. The lowest BCUT2D eigenvalue weighted by atomic mass is 10.1. The molecule has 2 heterocycles. The van der Waals surface area contributed by atoms with Crippen LogP contribution in [0, 0.1) is 0 Å². The Kier molecular flexibility index (Phi) is 5.67. The van der Waals surface area contributed by atoms with Gasteiger partial charge in [0.15, 0.2) is 18.1 Å². The predicted molar refractivity (Wildman–Crippen MR) is 109 cm³/mol. The lowest BCUT2D eigenvalue weighted by Gasteiger charge is -2.21. The van der Waals surface area contributed by atoms with Crippen LogP contribution in [0.2, 0.25) is 0 Å². The van der Waals surface area contributed by atoms with Crippen molar-refractivity contribution < 1.29 is 23.8 Å². The lowest BCUT2D eigenvalue weighted by molar-refractivity contribution is -0.127. The summed E-state index contributed by atoms with van der Waals surface area (Å²) in [4.78, 5) is 26.8. The Labute approximate surface area is 169 Å². The number of hydrogen-bond acceptors (Lipinski definition) is 5. The maximum absolute atomic E-state index is 12.7. The normalized spacial score (nSPS) is 17.7. The van der Waals surface area contributed by atoms with Crippen LogP contribution in [-0.4, -0.2) is 44.8 Å². The van der Waals surface area contributed by atoms with Crippen LogP contribution >= 0.6 is 0 Å². The molecule has 152 valence electrons. The number of rotatable bonds is 6. The molecule has 1 atom stereocenters. The number of methoxy groups -OCH3 is 1. The molecule has 1 unspecified atom stereocenters. The van der Waals surface area contributed by atoms with Gasteiger partial charge >= 0.3 is 0 Å². The van der Waals surface area contributed by atoms with Gasteiger partial charge in [-0.15, -0.1) is 0 Å². The smallest absolute Gasteiger partial charge is 0.262 e. The Hall–Kier alpha value is -3.06. The van der Waals surface area contributed by atoms with E-state index in [0.29, 0.717) is 30.3 Å². The summed E-state index contributed by atoms with van der Waals surface area (Å²) in [7, 11) is 1.55. The number of carbonyl (C=O) groups excluding carboxylic acids is 2. The summed E-state index contributed by atoms with van der Waals surface area (Å²) in [6.45, 7) is 1.14. The standard InChI is InChI=1S/C22H24N2O5/c1-27-18-5-2-3-6-19(18)29-14-21(25)23-16-9-8-15-10-11-24(17(15)13-16)22(26)20-7-4-12-28-20/h2-3,5-6,8-9,13,20H,4,7,10-12,14H2,1H3,(H,23,25). The van der Waals surface area contributed by atoms with Crippen LogP contribution in [-0.2, 0) is 20.7 Å². The first-order valence-corrected chi connectivity index (χ1v) is 9.77. The van der Waals surface area contributed by atoms with Crippen molar-refractivity contribution in [2.24, 2.45) is 0 Å². The van der Waals surface area contributed by atoms with Crippen LogP contribution in [0.5, 0.6) is 11.5 Å². The van der Waals surface area contributed by atoms with Gasteiger partial charge in [-0.3, -0.25) is 9.59 Å². The van der Waals surface area contributed by atoms with Gasteiger partial charge in [0.1, 0.15) is 6.10 Å². The van der Waals surface area contributed by atoms with Crippen molar-refractivity contribution in [1.29, 1.82) is 0 Å². The second-order valence-electron chi connectivity index (χ2n) is 7.07. The Morgan fingerprint density at radius 2 is 2.03 bits per heavy atom. The number of nitrogens with zero attached hydrogens (tertiary/aromatic N) is 1. The molecular weight excluding hydrogens is 372 g/mol. The summed E-state index contributed by atoms with van der Waals surface area (Å²) in [6.07, 6.45) is 2.13. The topological polar surface area (TPSA) is 77.1 Å². The SMILES string of the molecule is COc1ccccc1OCC(=O)Nc1ccc2c(c1)N(C(=O)C1CCCO1)CC2. The average Bonchev–Trinajstić information content (AvgIpc) is 3.42. The highest BCUT2D eigenvalue weighted by molar-refractivity contribution is 6.00. The van der Waals surface area contributed by atoms with Gasteiger partial charge in [0.25, 0.3) is 11.8 Å². The molecular formula is C22H24N2O5. The molecule has 7 heteroatoms. The highest BCUT2D eigenvalue weighted by atomic mass is 16.5. The van der Waals surface area contributed by atoms with Gasteiger partial charge in [-0.2, -0.15) is 0 Å². The molecule has 0 radical (unpaired) electrons. The minimum atomic E-state index is -0.353. The van der Waals surface area contributed by atoms with E-state index in [4.69, 9.17) is 14.2 Å². The summed E-state index contributed by atoms with van der Waals surface area (Å²) in [5.41, 5.74) is 2.57. The number of ether oxygens (including phenoxy) is 3. The zero-order valence-corrected chi connectivity index (χ0v) is 16.3. The third kappa shape index (κ3) is 4.19. The third-order valence-corrected chi connectivity index (χ3v) is 5.16. The van der Waals surface area contributed by atoms with Crippen LogP contribution in [0.15, 0.2) is 42.5 Å². The van der Waals surface area contributed by atoms with Crippen molar-refractivity contribution >= 4 is 23.2 Å². The van der Waals surface area contributed by atoms with Gasteiger partial charge in [0.2, 0.25) is 0 Å².